The van der Waals surface area contributed by atoms with Gasteiger partial charge in [0, 0.05) is 54.4 Å². The summed E-state index contributed by atoms with van der Waals surface area (Å²) in [5.74, 6) is 1.65. The van der Waals surface area contributed by atoms with Gasteiger partial charge in [0.2, 0.25) is 0 Å². The van der Waals surface area contributed by atoms with E-state index in [1.165, 1.54) is 11.3 Å². The van der Waals surface area contributed by atoms with Gasteiger partial charge in [-0.1, -0.05) is 30.0 Å². The van der Waals surface area contributed by atoms with Crippen LogP contribution in [0.5, 0.6) is 0 Å². The van der Waals surface area contributed by atoms with Crippen LogP contribution in [-0.2, 0) is 0 Å². The molecule has 1 aliphatic rings. The van der Waals surface area contributed by atoms with Gasteiger partial charge in [-0.25, -0.2) is 15.0 Å². The number of pyridine rings is 2. The third-order valence-electron chi connectivity index (χ3n) is 5.14. The van der Waals surface area contributed by atoms with Crippen LogP contribution in [0.2, 0.25) is 0 Å². The van der Waals surface area contributed by atoms with Gasteiger partial charge >= 0.3 is 0 Å². The second-order valence-corrected chi connectivity index (χ2v) is 8.43. The van der Waals surface area contributed by atoms with E-state index in [1.807, 2.05) is 24.4 Å². The number of rotatable bonds is 5. The molecule has 150 valence electrons. The normalized spacial score (nSPS) is 14.0. The maximum absolute atomic E-state index is 5.88. The zero-order valence-corrected chi connectivity index (χ0v) is 17.1. The van der Waals surface area contributed by atoms with Crippen LogP contribution in [0.25, 0.3) is 26.9 Å². The Kier molecular flexibility index (Phi) is 4.57. The Balaban J connectivity index is 1.38. The van der Waals surface area contributed by atoms with Crippen LogP contribution >= 0.6 is 11.3 Å². The molecule has 1 fully saturated rings. The van der Waals surface area contributed by atoms with Crippen molar-refractivity contribution >= 4 is 44.6 Å². The summed E-state index contributed by atoms with van der Waals surface area (Å²) in [7, 11) is 0. The number of hydrogen-bond acceptors (Lipinski definition) is 8. The highest BCUT2D eigenvalue weighted by molar-refractivity contribution is 7.18. The fraction of sp³-hybridized carbons (Fsp3) is 0.136. The number of fused-ring (bicyclic) bond motifs is 1. The minimum Gasteiger partial charge on any atom is -0.375 e. The topological polar surface area (TPSA) is 106 Å². The number of nitrogens with zero attached hydrogens (tertiary/aromatic N) is 4. The predicted molar refractivity (Wildman–Crippen MR) is 124 cm³/mol. The number of thiazole rings is 1. The quantitative estimate of drug-likeness (QED) is 0.457. The largest absolute Gasteiger partial charge is 0.375 e. The summed E-state index contributed by atoms with van der Waals surface area (Å²) in [6.45, 7) is 5.84. The molecule has 0 spiro atoms. The van der Waals surface area contributed by atoms with E-state index in [1.54, 1.807) is 12.4 Å². The van der Waals surface area contributed by atoms with Gasteiger partial charge in [0.15, 0.2) is 5.13 Å². The molecule has 0 radical (unpaired) electrons. The Morgan fingerprint density at radius 2 is 1.93 bits per heavy atom. The van der Waals surface area contributed by atoms with Crippen molar-refractivity contribution in [1.82, 2.24) is 15.0 Å². The average molecular weight is 416 g/mol. The lowest BCUT2D eigenvalue weighted by Crippen LogP contribution is -2.56. The van der Waals surface area contributed by atoms with Gasteiger partial charge in [-0.15, -0.1) is 0 Å². The summed E-state index contributed by atoms with van der Waals surface area (Å²) in [6.07, 6.45) is 5.45. The van der Waals surface area contributed by atoms with Crippen molar-refractivity contribution < 1.29 is 0 Å². The van der Waals surface area contributed by atoms with Crippen LogP contribution in [0, 0.1) is 0 Å². The molecule has 0 aliphatic carbocycles. The Morgan fingerprint density at radius 1 is 1.07 bits per heavy atom. The van der Waals surface area contributed by atoms with Crippen LogP contribution in [0.15, 0.2) is 61.6 Å². The van der Waals surface area contributed by atoms with Gasteiger partial charge in [-0.05, 0) is 35.2 Å². The predicted octanol–water partition coefficient (Wildman–Crippen LogP) is 3.57. The molecule has 30 heavy (non-hydrogen) atoms. The van der Waals surface area contributed by atoms with E-state index in [0.717, 1.165) is 57.2 Å². The highest BCUT2D eigenvalue weighted by Crippen LogP contribution is 2.31. The lowest BCUT2D eigenvalue weighted by Gasteiger charge is -2.37. The third-order valence-corrected chi connectivity index (χ3v) is 6.01. The van der Waals surface area contributed by atoms with Gasteiger partial charge in [-0.3, -0.25) is 0 Å². The van der Waals surface area contributed by atoms with Crippen molar-refractivity contribution in [1.29, 1.82) is 0 Å². The molecule has 0 bridgehead atoms. The lowest BCUT2D eigenvalue weighted by molar-refractivity contribution is 0.514. The average Bonchev–Trinajstić information content (AvgIpc) is 3.17. The van der Waals surface area contributed by atoms with Gasteiger partial charge in [0.25, 0.3) is 0 Å². The lowest BCUT2D eigenvalue weighted by atomic mass is 10.1. The van der Waals surface area contributed by atoms with Crippen molar-refractivity contribution in [3.05, 3.63) is 67.1 Å². The van der Waals surface area contributed by atoms with Crippen molar-refractivity contribution in [3.8, 4) is 10.4 Å². The van der Waals surface area contributed by atoms with E-state index in [9.17, 15) is 0 Å². The van der Waals surface area contributed by atoms with E-state index in [2.05, 4.69) is 49.9 Å². The SMILES string of the molecule is C=C(Nc1cc2cc(-c3cnc(N)s3)ccc2cn1)c1ccnc(N2CC(N)C2)c1. The van der Waals surface area contributed by atoms with E-state index in [4.69, 9.17) is 11.5 Å². The molecule has 8 heteroatoms. The van der Waals surface area contributed by atoms with E-state index >= 15 is 0 Å². The fourth-order valence-electron chi connectivity index (χ4n) is 3.49. The van der Waals surface area contributed by atoms with Crippen LogP contribution in [0.1, 0.15) is 5.56 Å². The number of aromatic nitrogens is 3. The molecule has 4 aromatic rings. The molecule has 1 aromatic carbocycles. The van der Waals surface area contributed by atoms with Crippen LogP contribution in [-0.4, -0.2) is 34.1 Å². The molecular weight excluding hydrogens is 394 g/mol. The third kappa shape index (κ3) is 3.58. The zero-order chi connectivity index (χ0) is 20.7. The summed E-state index contributed by atoms with van der Waals surface area (Å²) in [4.78, 5) is 16.3. The first-order valence-electron chi connectivity index (χ1n) is 9.59. The monoisotopic (exact) mass is 415 g/mol. The molecule has 0 atom stereocenters. The van der Waals surface area contributed by atoms with E-state index in [-0.39, 0.29) is 6.04 Å². The summed E-state index contributed by atoms with van der Waals surface area (Å²) < 4.78 is 0. The molecular formula is C22H21N7S. The van der Waals surface area contributed by atoms with Crippen molar-refractivity contribution in [3.63, 3.8) is 0 Å². The number of nitrogens with one attached hydrogen (secondary N) is 1. The number of hydrogen-bond donors (Lipinski definition) is 3. The summed E-state index contributed by atoms with van der Waals surface area (Å²) in [5, 5.41) is 6.02. The van der Waals surface area contributed by atoms with Crippen LogP contribution in [0.3, 0.4) is 0 Å². The van der Waals surface area contributed by atoms with Crippen LogP contribution < -0.4 is 21.7 Å². The Hall–Kier alpha value is -3.49. The number of anilines is 3. The van der Waals surface area contributed by atoms with Crippen molar-refractivity contribution in [2.75, 3.05) is 29.0 Å². The van der Waals surface area contributed by atoms with Gasteiger partial charge in [-0.2, -0.15) is 0 Å². The minimum absolute atomic E-state index is 0.227. The summed E-state index contributed by atoms with van der Waals surface area (Å²) >= 11 is 1.48. The van der Waals surface area contributed by atoms with Crippen LogP contribution in [0.4, 0.5) is 16.8 Å². The maximum Gasteiger partial charge on any atom is 0.180 e. The first-order chi connectivity index (χ1) is 14.5. The highest BCUT2D eigenvalue weighted by Gasteiger charge is 2.24. The molecule has 3 aromatic heterocycles. The van der Waals surface area contributed by atoms with E-state index in [0.29, 0.717) is 5.13 Å². The molecule has 4 heterocycles. The fourth-order valence-corrected chi connectivity index (χ4v) is 4.17. The highest BCUT2D eigenvalue weighted by atomic mass is 32.1. The molecule has 1 aliphatic heterocycles. The second-order valence-electron chi connectivity index (χ2n) is 7.37. The molecule has 0 unspecified atom stereocenters. The first kappa shape index (κ1) is 18.5. The molecule has 5 rings (SSSR count). The maximum atomic E-state index is 5.88. The van der Waals surface area contributed by atoms with Crippen molar-refractivity contribution in [2.24, 2.45) is 5.73 Å². The van der Waals surface area contributed by atoms with Gasteiger partial charge in [0.1, 0.15) is 11.6 Å². The summed E-state index contributed by atoms with van der Waals surface area (Å²) in [5.41, 5.74) is 14.5. The minimum atomic E-state index is 0.227. The molecule has 0 saturated carbocycles. The molecule has 7 nitrogen and oxygen atoms in total. The summed E-state index contributed by atoms with van der Waals surface area (Å²) in [6, 6.07) is 12.4. The van der Waals surface area contributed by atoms with Crippen molar-refractivity contribution in [2.45, 2.75) is 6.04 Å². The molecule has 1 saturated heterocycles. The van der Waals surface area contributed by atoms with Gasteiger partial charge < -0.3 is 21.7 Å². The molecule has 5 N–H and O–H groups in total. The standard InChI is InChI=1S/C22H21N7S/c1-13(14-4-5-25-21(8-14)29-11-18(23)12-29)28-20-7-17-6-15(2-3-16(17)9-26-20)19-10-27-22(24)30-19/h2-10,18H,1,11-12,23H2,(H2,24,27)(H,26,28). The first-order valence-corrected chi connectivity index (χ1v) is 10.4. The van der Waals surface area contributed by atoms with Gasteiger partial charge in [0.05, 0.1) is 4.88 Å². The number of nitrogens with two attached hydrogens (primary N) is 2. The Morgan fingerprint density at radius 3 is 2.70 bits per heavy atom. The number of benzene rings is 1. The van der Waals surface area contributed by atoms with E-state index < -0.39 is 0 Å². The Labute approximate surface area is 178 Å². The Bertz CT molecular complexity index is 1240. The smallest absolute Gasteiger partial charge is 0.180 e. The number of nitrogen functional groups attached to an aromatic ring is 1. The second kappa shape index (κ2) is 7.40. The zero-order valence-electron chi connectivity index (χ0n) is 16.2. The molecule has 0 amide bonds.